The van der Waals surface area contributed by atoms with Gasteiger partial charge in [-0.3, -0.25) is 9.59 Å². The Kier molecular flexibility index (Phi) is 7.37. The van der Waals surface area contributed by atoms with Crippen LogP contribution in [-0.2, 0) is 19.1 Å². The molecule has 0 aromatic heterocycles. The molecule has 22 heavy (non-hydrogen) atoms. The second-order valence-electron chi connectivity index (χ2n) is 7.29. The predicted octanol–water partition coefficient (Wildman–Crippen LogP) is 3.97. The summed E-state index contributed by atoms with van der Waals surface area (Å²) in [7, 11) is 0. The van der Waals surface area contributed by atoms with Crippen LogP contribution in [0.25, 0.3) is 0 Å². The van der Waals surface area contributed by atoms with Crippen molar-refractivity contribution in [2.45, 2.75) is 66.7 Å². The third-order valence-electron chi connectivity index (χ3n) is 4.43. The Morgan fingerprint density at radius 2 is 1.36 bits per heavy atom. The minimum absolute atomic E-state index is 0.0526. The minimum atomic E-state index is -1.11. The van der Waals surface area contributed by atoms with Crippen LogP contribution in [0, 0.1) is 23.2 Å². The van der Waals surface area contributed by atoms with Gasteiger partial charge >= 0.3 is 11.9 Å². The first kappa shape index (κ1) is 19.0. The number of esters is 2. The van der Waals surface area contributed by atoms with Gasteiger partial charge in [-0.15, -0.1) is 0 Å². The Morgan fingerprint density at radius 1 is 0.955 bits per heavy atom. The molecule has 0 spiro atoms. The van der Waals surface area contributed by atoms with Gasteiger partial charge in [-0.1, -0.05) is 47.5 Å². The largest absolute Gasteiger partial charge is 0.465 e. The van der Waals surface area contributed by atoms with Gasteiger partial charge in [-0.2, -0.15) is 0 Å². The predicted molar refractivity (Wildman–Crippen MR) is 86.3 cm³/mol. The molecule has 0 heterocycles. The highest BCUT2D eigenvalue weighted by Gasteiger charge is 2.54. The summed E-state index contributed by atoms with van der Waals surface area (Å²) in [4.78, 5) is 25.5. The third kappa shape index (κ3) is 4.47. The van der Waals surface area contributed by atoms with Crippen molar-refractivity contribution < 1.29 is 19.1 Å². The molecule has 4 nitrogen and oxygen atoms in total. The van der Waals surface area contributed by atoms with Gasteiger partial charge in [0, 0.05) is 0 Å². The molecule has 0 aromatic carbocycles. The number of hydrogen-bond donors (Lipinski definition) is 0. The molecule has 0 unspecified atom stereocenters. The first-order valence-electron chi connectivity index (χ1n) is 8.69. The normalized spacial score (nSPS) is 16.3. The lowest BCUT2D eigenvalue weighted by atomic mass is 9.72. The van der Waals surface area contributed by atoms with E-state index in [9.17, 15) is 9.59 Å². The van der Waals surface area contributed by atoms with E-state index >= 15 is 0 Å². The molecule has 1 saturated carbocycles. The molecular weight excluding hydrogens is 280 g/mol. The molecule has 0 saturated heterocycles. The zero-order valence-electron chi connectivity index (χ0n) is 14.8. The SMILES string of the molecule is CCC(C(=O)OCC(C)C)(C(=O)OCC(C)C)C1CCCC1. The van der Waals surface area contributed by atoms with Crippen molar-refractivity contribution in [1.29, 1.82) is 0 Å². The number of rotatable bonds is 8. The van der Waals surface area contributed by atoms with Crippen LogP contribution in [0.2, 0.25) is 0 Å². The molecule has 0 amide bonds. The number of ether oxygens (including phenoxy) is 2. The third-order valence-corrected chi connectivity index (χ3v) is 4.43. The summed E-state index contributed by atoms with van der Waals surface area (Å²) in [5, 5.41) is 0. The Bertz CT molecular complexity index is 343. The first-order chi connectivity index (χ1) is 10.3. The fourth-order valence-corrected chi connectivity index (χ4v) is 3.15. The van der Waals surface area contributed by atoms with Crippen molar-refractivity contribution in [3.05, 3.63) is 0 Å². The van der Waals surface area contributed by atoms with E-state index in [0.29, 0.717) is 19.6 Å². The molecule has 0 N–H and O–H groups in total. The second-order valence-corrected chi connectivity index (χ2v) is 7.29. The van der Waals surface area contributed by atoms with Crippen LogP contribution >= 0.6 is 0 Å². The van der Waals surface area contributed by atoms with Crippen molar-refractivity contribution >= 4 is 11.9 Å². The maximum absolute atomic E-state index is 12.8. The standard InChI is InChI=1S/C18H32O4/c1-6-18(15-9-7-8-10-15,16(19)21-11-13(2)3)17(20)22-12-14(4)5/h13-15H,6-12H2,1-5H3. The van der Waals surface area contributed by atoms with Crippen molar-refractivity contribution in [2.24, 2.45) is 23.2 Å². The van der Waals surface area contributed by atoms with Crippen LogP contribution < -0.4 is 0 Å². The summed E-state index contributed by atoms with van der Waals surface area (Å²) in [6.07, 6.45) is 4.40. The van der Waals surface area contributed by atoms with Gasteiger partial charge < -0.3 is 9.47 Å². The number of hydrogen-bond acceptors (Lipinski definition) is 4. The molecule has 1 aliphatic rings. The van der Waals surface area contributed by atoms with Crippen molar-refractivity contribution in [3.63, 3.8) is 0 Å². The fourth-order valence-electron chi connectivity index (χ4n) is 3.15. The molecule has 4 heteroatoms. The average molecular weight is 312 g/mol. The Morgan fingerprint density at radius 3 is 1.68 bits per heavy atom. The quantitative estimate of drug-likeness (QED) is 0.502. The Hall–Kier alpha value is -1.06. The zero-order chi connectivity index (χ0) is 16.8. The zero-order valence-corrected chi connectivity index (χ0v) is 14.8. The molecule has 0 bridgehead atoms. The summed E-state index contributed by atoms with van der Waals surface area (Å²) in [6, 6.07) is 0. The van der Waals surface area contributed by atoms with Crippen molar-refractivity contribution in [2.75, 3.05) is 13.2 Å². The lowest BCUT2D eigenvalue weighted by Gasteiger charge is -2.34. The van der Waals surface area contributed by atoms with Crippen LogP contribution in [0.4, 0.5) is 0 Å². The molecule has 128 valence electrons. The summed E-state index contributed by atoms with van der Waals surface area (Å²) < 4.78 is 10.9. The van der Waals surface area contributed by atoms with Gasteiger partial charge in [0.2, 0.25) is 0 Å². The van der Waals surface area contributed by atoms with Gasteiger partial charge in [-0.05, 0) is 37.0 Å². The van der Waals surface area contributed by atoms with E-state index in [-0.39, 0.29) is 29.7 Å². The topological polar surface area (TPSA) is 52.6 Å². The molecule has 0 atom stereocenters. The average Bonchev–Trinajstić information content (AvgIpc) is 2.98. The van der Waals surface area contributed by atoms with Gasteiger partial charge in [0.1, 0.15) is 0 Å². The van der Waals surface area contributed by atoms with Crippen LogP contribution in [0.1, 0.15) is 66.7 Å². The monoisotopic (exact) mass is 312 g/mol. The highest BCUT2D eigenvalue weighted by atomic mass is 16.6. The molecule has 0 aliphatic heterocycles. The van der Waals surface area contributed by atoms with E-state index in [2.05, 4.69) is 0 Å². The van der Waals surface area contributed by atoms with Crippen LogP contribution in [0.15, 0.2) is 0 Å². The van der Waals surface area contributed by atoms with E-state index < -0.39 is 5.41 Å². The van der Waals surface area contributed by atoms with Crippen molar-refractivity contribution in [1.82, 2.24) is 0 Å². The van der Waals surface area contributed by atoms with Gasteiger partial charge in [0.25, 0.3) is 0 Å². The Labute approximate surface area is 134 Å². The second kappa shape index (κ2) is 8.54. The minimum Gasteiger partial charge on any atom is -0.465 e. The lowest BCUT2D eigenvalue weighted by Crippen LogP contribution is -2.47. The molecular formula is C18H32O4. The van der Waals surface area contributed by atoms with Crippen LogP contribution in [0.3, 0.4) is 0 Å². The maximum atomic E-state index is 12.8. The van der Waals surface area contributed by atoms with E-state index in [1.165, 1.54) is 0 Å². The van der Waals surface area contributed by atoms with Gasteiger partial charge in [0.05, 0.1) is 13.2 Å². The smallest absolute Gasteiger partial charge is 0.323 e. The summed E-state index contributed by atoms with van der Waals surface area (Å²) in [6.45, 7) is 10.6. The summed E-state index contributed by atoms with van der Waals surface area (Å²) in [5.74, 6) is -0.201. The van der Waals surface area contributed by atoms with E-state index in [1.54, 1.807) is 0 Å². The molecule has 0 aromatic rings. The number of carbonyl (C=O) groups is 2. The fraction of sp³-hybridized carbons (Fsp3) is 0.889. The molecule has 1 fully saturated rings. The molecule has 1 aliphatic carbocycles. The van der Waals surface area contributed by atoms with E-state index in [4.69, 9.17) is 9.47 Å². The molecule has 1 rings (SSSR count). The van der Waals surface area contributed by atoms with E-state index in [1.807, 2.05) is 34.6 Å². The van der Waals surface area contributed by atoms with Crippen LogP contribution in [0.5, 0.6) is 0 Å². The highest BCUT2D eigenvalue weighted by Crippen LogP contribution is 2.44. The van der Waals surface area contributed by atoms with E-state index in [0.717, 1.165) is 25.7 Å². The molecule has 0 radical (unpaired) electrons. The number of carbonyl (C=O) groups excluding carboxylic acids is 2. The Balaban J connectivity index is 2.95. The van der Waals surface area contributed by atoms with Crippen LogP contribution in [-0.4, -0.2) is 25.2 Å². The first-order valence-corrected chi connectivity index (χ1v) is 8.69. The highest BCUT2D eigenvalue weighted by molar-refractivity contribution is 6.00. The van der Waals surface area contributed by atoms with Crippen molar-refractivity contribution in [3.8, 4) is 0 Å². The summed E-state index contributed by atoms with van der Waals surface area (Å²) >= 11 is 0. The summed E-state index contributed by atoms with van der Waals surface area (Å²) in [5.41, 5.74) is -1.11. The van der Waals surface area contributed by atoms with Gasteiger partial charge in [-0.25, -0.2) is 0 Å². The van der Waals surface area contributed by atoms with Gasteiger partial charge in [0.15, 0.2) is 5.41 Å². The lowest BCUT2D eigenvalue weighted by molar-refractivity contribution is -0.179. The maximum Gasteiger partial charge on any atom is 0.323 e.